The summed E-state index contributed by atoms with van der Waals surface area (Å²) in [6.07, 6.45) is 0.953. The van der Waals surface area contributed by atoms with Gasteiger partial charge in [0.25, 0.3) is 0 Å². The molecule has 0 bridgehead atoms. The Kier molecular flexibility index (Phi) is 5.44. The lowest BCUT2D eigenvalue weighted by Crippen LogP contribution is -2.11. The Labute approximate surface area is 105 Å². The normalized spacial score (nSPS) is 10.7. The molecular weight excluding hydrogens is 236 g/mol. The molecule has 0 unspecified atom stereocenters. The Bertz CT molecular complexity index is 436. The van der Waals surface area contributed by atoms with Crippen LogP contribution in [0.5, 0.6) is 0 Å². The van der Waals surface area contributed by atoms with Crippen LogP contribution in [-0.2, 0) is 30.4 Å². The summed E-state index contributed by atoms with van der Waals surface area (Å²) in [7, 11) is 2.42. The van der Waals surface area contributed by atoms with E-state index in [4.69, 9.17) is 4.74 Å². The van der Waals surface area contributed by atoms with Gasteiger partial charge in [0.1, 0.15) is 6.61 Å². The monoisotopic (exact) mass is 250 g/mol. The van der Waals surface area contributed by atoms with E-state index >= 15 is 0 Å². The Balaban J connectivity index is 2.71. The molecule has 0 heterocycles. The van der Waals surface area contributed by atoms with Gasteiger partial charge in [-0.05, 0) is 5.56 Å². The van der Waals surface area contributed by atoms with Crippen LogP contribution in [0.4, 0.5) is 0 Å². The first-order valence-electron chi connectivity index (χ1n) is 5.22. The van der Waals surface area contributed by atoms with Gasteiger partial charge in [0.05, 0.1) is 20.3 Å². The first-order chi connectivity index (χ1) is 8.67. The number of hydrogen-bond acceptors (Lipinski definition) is 5. The van der Waals surface area contributed by atoms with Gasteiger partial charge >= 0.3 is 11.9 Å². The second-order valence-electron chi connectivity index (χ2n) is 3.30. The van der Waals surface area contributed by atoms with Crippen LogP contribution in [0.3, 0.4) is 0 Å². The molecule has 0 N–H and O–H groups in total. The Morgan fingerprint density at radius 2 is 1.78 bits per heavy atom. The molecule has 1 aromatic rings. The minimum atomic E-state index is -0.726. The van der Waals surface area contributed by atoms with Crippen LogP contribution in [0.2, 0.25) is 0 Å². The molecule has 5 heteroatoms. The van der Waals surface area contributed by atoms with Gasteiger partial charge in [-0.25, -0.2) is 9.59 Å². The van der Waals surface area contributed by atoms with Crippen molar-refractivity contribution in [3.63, 3.8) is 0 Å². The lowest BCUT2D eigenvalue weighted by atomic mass is 10.2. The number of rotatable bonds is 5. The third kappa shape index (κ3) is 4.29. The molecular formula is C13H14O5. The largest absolute Gasteiger partial charge is 0.481 e. The van der Waals surface area contributed by atoms with Crippen molar-refractivity contribution < 1.29 is 23.8 Å². The first-order valence-corrected chi connectivity index (χ1v) is 5.22. The molecule has 0 saturated heterocycles. The molecule has 0 radical (unpaired) electrons. The molecule has 0 aliphatic heterocycles. The highest BCUT2D eigenvalue weighted by atomic mass is 16.6. The highest BCUT2D eigenvalue weighted by molar-refractivity contribution is 5.94. The molecule has 0 aliphatic rings. The van der Waals surface area contributed by atoms with Crippen molar-refractivity contribution in [2.75, 3.05) is 14.2 Å². The van der Waals surface area contributed by atoms with E-state index in [1.165, 1.54) is 14.2 Å². The lowest BCUT2D eigenvalue weighted by Gasteiger charge is -2.08. The number of esters is 2. The molecule has 0 amide bonds. The molecule has 0 aliphatic carbocycles. The van der Waals surface area contributed by atoms with Gasteiger partial charge in [-0.2, -0.15) is 0 Å². The summed E-state index contributed by atoms with van der Waals surface area (Å²) in [4.78, 5) is 22.4. The standard InChI is InChI=1S/C13H14O5/c1-16-12(14)8-11(13(15)17-2)18-9-10-6-4-3-5-7-10/h3-8H,9H2,1-2H3/b11-8-. The lowest BCUT2D eigenvalue weighted by molar-refractivity contribution is -0.142. The van der Waals surface area contributed by atoms with Crippen LogP contribution in [0.25, 0.3) is 0 Å². The molecule has 96 valence electrons. The molecule has 0 saturated carbocycles. The zero-order valence-electron chi connectivity index (χ0n) is 10.2. The quantitative estimate of drug-likeness (QED) is 0.449. The highest BCUT2D eigenvalue weighted by Gasteiger charge is 2.14. The topological polar surface area (TPSA) is 61.8 Å². The smallest absolute Gasteiger partial charge is 0.373 e. The number of carbonyl (C=O) groups is 2. The van der Waals surface area contributed by atoms with Gasteiger partial charge in [-0.3, -0.25) is 0 Å². The Morgan fingerprint density at radius 1 is 1.11 bits per heavy atom. The van der Waals surface area contributed by atoms with Gasteiger partial charge in [-0.1, -0.05) is 30.3 Å². The van der Waals surface area contributed by atoms with Crippen molar-refractivity contribution in [1.82, 2.24) is 0 Å². The van der Waals surface area contributed by atoms with Crippen LogP contribution in [0.15, 0.2) is 42.2 Å². The van der Waals surface area contributed by atoms with E-state index in [-0.39, 0.29) is 12.4 Å². The van der Waals surface area contributed by atoms with Crippen molar-refractivity contribution in [2.24, 2.45) is 0 Å². The van der Waals surface area contributed by atoms with E-state index < -0.39 is 11.9 Å². The maximum atomic E-state index is 11.4. The highest BCUT2D eigenvalue weighted by Crippen LogP contribution is 2.07. The van der Waals surface area contributed by atoms with Crippen molar-refractivity contribution >= 4 is 11.9 Å². The van der Waals surface area contributed by atoms with Gasteiger partial charge in [0.2, 0.25) is 5.76 Å². The van der Waals surface area contributed by atoms with Crippen LogP contribution >= 0.6 is 0 Å². The molecule has 1 rings (SSSR count). The number of methoxy groups -OCH3 is 2. The van der Waals surface area contributed by atoms with Gasteiger partial charge in [-0.15, -0.1) is 0 Å². The van der Waals surface area contributed by atoms with Crippen LogP contribution in [0.1, 0.15) is 5.56 Å². The summed E-state index contributed by atoms with van der Waals surface area (Å²) in [6, 6.07) is 9.25. The predicted octanol–water partition coefficient (Wildman–Crippen LogP) is 1.43. The SMILES string of the molecule is COC(=O)/C=C(\OCc1ccccc1)C(=O)OC. The molecule has 0 aromatic heterocycles. The molecule has 0 spiro atoms. The molecule has 18 heavy (non-hydrogen) atoms. The third-order valence-electron chi connectivity index (χ3n) is 2.07. The van der Waals surface area contributed by atoms with Crippen LogP contribution in [0, 0.1) is 0 Å². The second-order valence-corrected chi connectivity index (χ2v) is 3.30. The third-order valence-corrected chi connectivity index (χ3v) is 2.07. The van der Waals surface area contributed by atoms with Crippen molar-refractivity contribution in [2.45, 2.75) is 6.61 Å². The minimum absolute atomic E-state index is 0.165. The average Bonchev–Trinajstić information content (AvgIpc) is 2.43. The maximum Gasteiger partial charge on any atom is 0.373 e. The van der Waals surface area contributed by atoms with Crippen LogP contribution < -0.4 is 0 Å². The maximum absolute atomic E-state index is 11.4. The summed E-state index contributed by atoms with van der Waals surface area (Å²) < 4.78 is 14.2. The second kappa shape index (κ2) is 7.11. The van der Waals surface area contributed by atoms with Gasteiger partial charge in [0, 0.05) is 0 Å². The summed E-state index contributed by atoms with van der Waals surface area (Å²) in [5, 5.41) is 0. The number of carbonyl (C=O) groups excluding carboxylic acids is 2. The minimum Gasteiger partial charge on any atom is -0.481 e. The number of hydrogen-bond donors (Lipinski definition) is 0. The molecule has 0 fully saturated rings. The van der Waals surface area contributed by atoms with E-state index in [2.05, 4.69) is 9.47 Å². The van der Waals surface area contributed by atoms with Crippen molar-refractivity contribution in [3.05, 3.63) is 47.7 Å². The fraction of sp³-hybridized carbons (Fsp3) is 0.231. The summed E-state index contributed by atoms with van der Waals surface area (Å²) in [6.45, 7) is 0.165. The van der Waals surface area contributed by atoms with Gasteiger partial charge < -0.3 is 14.2 Å². The Hall–Kier alpha value is -2.30. The average molecular weight is 250 g/mol. The van der Waals surface area contributed by atoms with Crippen molar-refractivity contribution in [1.29, 1.82) is 0 Å². The number of benzene rings is 1. The summed E-state index contributed by atoms with van der Waals surface area (Å²) in [5.41, 5.74) is 0.872. The number of ether oxygens (including phenoxy) is 3. The predicted molar refractivity (Wildman–Crippen MR) is 63.3 cm³/mol. The molecule has 5 nitrogen and oxygen atoms in total. The van der Waals surface area contributed by atoms with Crippen LogP contribution in [-0.4, -0.2) is 26.2 Å². The van der Waals surface area contributed by atoms with E-state index in [0.29, 0.717) is 0 Å². The van der Waals surface area contributed by atoms with Gasteiger partial charge in [0.15, 0.2) is 0 Å². The van der Waals surface area contributed by atoms with E-state index in [9.17, 15) is 9.59 Å². The van der Waals surface area contributed by atoms with E-state index in [1.807, 2.05) is 30.3 Å². The summed E-state index contributed by atoms with van der Waals surface area (Å²) in [5.74, 6) is -1.59. The fourth-order valence-electron chi connectivity index (χ4n) is 1.16. The molecule has 0 atom stereocenters. The fourth-order valence-corrected chi connectivity index (χ4v) is 1.16. The Morgan fingerprint density at radius 3 is 2.33 bits per heavy atom. The zero-order valence-corrected chi connectivity index (χ0v) is 10.2. The van der Waals surface area contributed by atoms with E-state index in [1.54, 1.807) is 0 Å². The molecule has 1 aromatic carbocycles. The first kappa shape index (κ1) is 13.8. The van der Waals surface area contributed by atoms with E-state index in [0.717, 1.165) is 11.6 Å². The zero-order chi connectivity index (χ0) is 13.4. The van der Waals surface area contributed by atoms with Crippen molar-refractivity contribution in [3.8, 4) is 0 Å². The summed E-state index contributed by atoms with van der Waals surface area (Å²) >= 11 is 0.